The Morgan fingerprint density at radius 2 is 1.71 bits per heavy atom. The van der Waals surface area contributed by atoms with E-state index >= 15 is 0 Å². The van der Waals surface area contributed by atoms with E-state index in [1.54, 1.807) is 6.20 Å². The van der Waals surface area contributed by atoms with Crippen LogP contribution in [0.2, 0.25) is 0 Å². The number of hydrogen-bond donors (Lipinski definition) is 1. The number of rotatable bonds is 4. The molecule has 0 rings (SSSR count). The van der Waals surface area contributed by atoms with Crippen LogP contribution in [0.1, 0.15) is 48.0 Å². The van der Waals surface area contributed by atoms with E-state index in [0.717, 1.165) is 6.42 Å². The largest absolute Gasteiger partial charge is 0.366 e. The molecule has 0 unspecified atom stereocenters. The first kappa shape index (κ1) is 18.7. The van der Waals surface area contributed by atoms with Gasteiger partial charge in [-0.3, -0.25) is 0 Å². The highest BCUT2D eigenvalue weighted by Gasteiger charge is 1.83. The summed E-state index contributed by atoms with van der Waals surface area (Å²) in [4.78, 5) is 0. The minimum absolute atomic E-state index is 1.01. The fourth-order valence-corrected chi connectivity index (χ4v) is 0.611. The van der Waals surface area contributed by atoms with Gasteiger partial charge in [0.2, 0.25) is 0 Å². The van der Waals surface area contributed by atoms with Gasteiger partial charge in [0, 0.05) is 5.70 Å². The SMILES string of the molecule is C=CN/C(=C/C=C\C)CC.CC.CC. The van der Waals surface area contributed by atoms with Gasteiger partial charge in [-0.1, -0.05) is 53.3 Å². The Hall–Kier alpha value is -0.980. The van der Waals surface area contributed by atoms with Crippen LogP contribution in [0.25, 0.3) is 0 Å². The summed E-state index contributed by atoms with van der Waals surface area (Å²) in [6.07, 6.45) is 8.76. The van der Waals surface area contributed by atoms with Crippen molar-refractivity contribution in [2.75, 3.05) is 0 Å². The molecule has 0 saturated carbocycles. The van der Waals surface area contributed by atoms with Gasteiger partial charge in [-0.2, -0.15) is 0 Å². The molecule has 0 spiro atoms. The molecular formula is C13H27N. The number of hydrogen-bond acceptors (Lipinski definition) is 1. The van der Waals surface area contributed by atoms with E-state index in [4.69, 9.17) is 0 Å². The minimum atomic E-state index is 1.01. The van der Waals surface area contributed by atoms with Gasteiger partial charge in [-0.15, -0.1) is 0 Å². The zero-order valence-corrected chi connectivity index (χ0v) is 10.7. The van der Waals surface area contributed by atoms with Crippen molar-refractivity contribution in [3.05, 3.63) is 36.7 Å². The fourth-order valence-electron chi connectivity index (χ4n) is 0.611. The lowest BCUT2D eigenvalue weighted by molar-refractivity contribution is 0.946. The normalized spacial score (nSPS) is 9.43. The van der Waals surface area contributed by atoms with Crippen LogP contribution in [0.4, 0.5) is 0 Å². The van der Waals surface area contributed by atoms with E-state index in [1.807, 2.05) is 52.8 Å². The second-order valence-electron chi connectivity index (χ2n) is 1.92. The molecule has 0 aromatic rings. The van der Waals surface area contributed by atoms with Crippen molar-refractivity contribution >= 4 is 0 Å². The van der Waals surface area contributed by atoms with Crippen LogP contribution < -0.4 is 5.32 Å². The Balaban J connectivity index is -0.000000266. The van der Waals surface area contributed by atoms with Crippen LogP contribution in [0.3, 0.4) is 0 Å². The molecule has 1 N–H and O–H groups in total. The van der Waals surface area contributed by atoms with Crippen molar-refractivity contribution in [1.29, 1.82) is 0 Å². The maximum absolute atomic E-state index is 3.58. The molecule has 14 heavy (non-hydrogen) atoms. The van der Waals surface area contributed by atoms with Gasteiger partial charge in [0.25, 0.3) is 0 Å². The predicted octanol–water partition coefficient (Wildman–Crippen LogP) is 4.64. The van der Waals surface area contributed by atoms with E-state index in [2.05, 4.69) is 18.8 Å². The topological polar surface area (TPSA) is 12.0 Å². The van der Waals surface area contributed by atoms with E-state index in [9.17, 15) is 0 Å². The van der Waals surface area contributed by atoms with Gasteiger partial charge in [0.15, 0.2) is 0 Å². The zero-order valence-electron chi connectivity index (χ0n) is 10.7. The Bertz CT molecular complexity index is 143. The van der Waals surface area contributed by atoms with Crippen LogP contribution in [0.5, 0.6) is 0 Å². The van der Waals surface area contributed by atoms with Crippen LogP contribution >= 0.6 is 0 Å². The average molecular weight is 197 g/mol. The standard InChI is InChI=1S/C9H15N.2C2H6/c1-4-7-8-9(5-2)10-6-3;2*1-2/h4,6-8,10H,3,5H2,1-2H3;2*1-2H3/b7-4-,9-8+;;. The highest BCUT2D eigenvalue weighted by atomic mass is 14.8. The second-order valence-corrected chi connectivity index (χ2v) is 1.92. The van der Waals surface area contributed by atoms with Crippen LogP contribution in [-0.2, 0) is 0 Å². The maximum atomic E-state index is 3.58. The molecule has 0 aliphatic rings. The molecule has 0 aromatic carbocycles. The van der Waals surface area contributed by atoms with Gasteiger partial charge >= 0.3 is 0 Å². The molecule has 0 heterocycles. The van der Waals surface area contributed by atoms with Crippen molar-refractivity contribution in [2.24, 2.45) is 0 Å². The lowest BCUT2D eigenvalue weighted by Gasteiger charge is -2.00. The van der Waals surface area contributed by atoms with Gasteiger partial charge in [-0.05, 0) is 25.6 Å². The molecule has 0 bridgehead atoms. The molecule has 0 aliphatic carbocycles. The zero-order chi connectivity index (χ0) is 11.8. The highest BCUT2D eigenvalue weighted by molar-refractivity contribution is 5.11. The summed E-state index contributed by atoms with van der Waals surface area (Å²) in [5.74, 6) is 0. The van der Waals surface area contributed by atoms with Crippen molar-refractivity contribution in [3.8, 4) is 0 Å². The summed E-state index contributed by atoms with van der Waals surface area (Å²) in [5.41, 5.74) is 1.19. The highest BCUT2D eigenvalue weighted by Crippen LogP contribution is 1.94. The third-order valence-electron chi connectivity index (χ3n) is 1.16. The summed E-state index contributed by atoms with van der Waals surface area (Å²) in [6.45, 7) is 15.7. The third kappa shape index (κ3) is 17.2. The van der Waals surface area contributed by atoms with Gasteiger partial charge in [-0.25, -0.2) is 0 Å². The fraction of sp³-hybridized carbons (Fsp3) is 0.538. The third-order valence-corrected chi connectivity index (χ3v) is 1.16. The number of nitrogens with one attached hydrogen (secondary N) is 1. The van der Waals surface area contributed by atoms with Gasteiger partial charge in [0.05, 0.1) is 0 Å². The Labute approximate surface area is 90.6 Å². The van der Waals surface area contributed by atoms with E-state index in [-0.39, 0.29) is 0 Å². The molecule has 0 aromatic heterocycles. The lowest BCUT2D eigenvalue weighted by Crippen LogP contribution is -2.01. The van der Waals surface area contributed by atoms with Crippen molar-refractivity contribution < 1.29 is 0 Å². The molecule has 0 fully saturated rings. The predicted molar refractivity (Wildman–Crippen MR) is 69.2 cm³/mol. The van der Waals surface area contributed by atoms with Gasteiger partial charge in [0.1, 0.15) is 0 Å². The first-order valence-electron chi connectivity index (χ1n) is 5.54. The van der Waals surface area contributed by atoms with Crippen LogP contribution in [-0.4, -0.2) is 0 Å². The summed E-state index contributed by atoms with van der Waals surface area (Å²) in [6, 6.07) is 0. The molecule has 0 atom stereocenters. The molecule has 0 radical (unpaired) electrons. The quantitative estimate of drug-likeness (QED) is 0.647. The molecule has 0 amide bonds. The smallest absolute Gasteiger partial charge is 0.0143 e. The Morgan fingerprint density at radius 1 is 1.21 bits per heavy atom. The summed E-state index contributed by atoms with van der Waals surface area (Å²) in [5, 5.41) is 3.04. The first-order chi connectivity index (χ1) is 6.85. The molecular weight excluding hydrogens is 170 g/mol. The number of allylic oxidation sites excluding steroid dienone is 4. The van der Waals surface area contributed by atoms with Crippen molar-refractivity contribution in [2.45, 2.75) is 48.0 Å². The second kappa shape index (κ2) is 22.7. The van der Waals surface area contributed by atoms with Gasteiger partial charge < -0.3 is 5.32 Å². The maximum Gasteiger partial charge on any atom is 0.0143 e. The average Bonchev–Trinajstić information content (AvgIpc) is 2.29. The monoisotopic (exact) mass is 197 g/mol. The lowest BCUT2D eigenvalue weighted by atomic mass is 10.3. The van der Waals surface area contributed by atoms with E-state index in [0.29, 0.717) is 0 Å². The molecule has 0 saturated heterocycles. The van der Waals surface area contributed by atoms with E-state index < -0.39 is 0 Å². The van der Waals surface area contributed by atoms with Crippen molar-refractivity contribution in [1.82, 2.24) is 5.32 Å². The summed E-state index contributed by atoms with van der Waals surface area (Å²) < 4.78 is 0. The van der Waals surface area contributed by atoms with Crippen LogP contribution in [0.15, 0.2) is 36.7 Å². The Morgan fingerprint density at radius 3 is 2.00 bits per heavy atom. The molecule has 1 heteroatoms. The summed E-state index contributed by atoms with van der Waals surface area (Å²) >= 11 is 0. The minimum Gasteiger partial charge on any atom is -0.366 e. The van der Waals surface area contributed by atoms with Crippen molar-refractivity contribution in [3.63, 3.8) is 0 Å². The van der Waals surface area contributed by atoms with E-state index in [1.165, 1.54) is 5.70 Å². The first-order valence-corrected chi connectivity index (χ1v) is 5.54. The van der Waals surface area contributed by atoms with Crippen LogP contribution in [0, 0.1) is 0 Å². The molecule has 0 aliphatic heterocycles. The molecule has 1 nitrogen and oxygen atoms in total. The molecule has 84 valence electrons. The summed E-state index contributed by atoms with van der Waals surface area (Å²) in [7, 11) is 0. The Kier molecular flexibility index (Phi) is 30.4.